The molecule has 0 amide bonds. The lowest BCUT2D eigenvalue weighted by molar-refractivity contribution is 0.146. The third-order valence-electron chi connectivity index (χ3n) is 3.75. The smallest absolute Gasteiger partial charge is 0.142 e. The number of para-hydroxylation sites is 2. The number of hydrogen-bond acceptors (Lipinski definition) is 4. The van der Waals surface area contributed by atoms with Gasteiger partial charge in [-0.3, -0.25) is 4.90 Å². The molecule has 0 spiro atoms. The largest absolute Gasteiger partial charge is 0.489 e. The predicted octanol–water partition coefficient (Wildman–Crippen LogP) is 2.49. The van der Waals surface area contributed by atoms with Crippen molar-refractivity contribution in [2.75, 3.05) is 57.9 Å². The summed E-state index contributed by atoms with van der Waals surface area (Å²) in [5.41, 5.74) is 1.21. The van der Waals surface area contributed by atoms with Gasteiger partial charge in [-0.15, -0.1) is 0 Å². The van der Waals surface area contributed by atoms with Gasteiger partial charge in [0.1, 0.15) is 12.4 Å². The second-order valence-corrected chi connectivity index (χ2v) is 5.99. The van der Waals surface area contributed by atoms with Crippen LogP contribution in [0.25, 0.3) is 0 Å². The molecule has 0 aromatic heterocycles. The van der Waals surface area contributed by atoms with Crippen LogP contribution in [0.1, 0.15) is 13.8 Å². The molecule has 1 heterocycles. The van der Waals surface area contributed by atoms with E-state index in [-0.39, 0.29) is 0 Å². The first-order valence-electron chi connectivity index (χ1n) is 7.88. The Morgan fingerprint density at radius 1 is 1.05 bits per heavy atom. The first-order valence-corrected chi connectivity index (χ1v) is 7.88. The number of methoxy groups -OCH3 is 1. The van der Waals surface area contributed by atoms with Crippen LogP contribution in [0, 0.1) is 5.92 Å². The molecular formula is C17H28N2O2. The number of benzene rings is 1. The van der Waals surface area contributed by atoms with E-state index in [0.29, 0.717) is 13.2 Å². The molecular weight excluding hydrogens is 264 g/mol. The number of piperazine rings is 1. The van der Waals surface area contributed by atoms with Crippen molar-refractivity contribution in [2.45, 2.75) is 13.8 Å². The van der Waals surface area contributed by atoms with E-state index in [1.54, 1.807) is 7.11 Å². The summed E-state index contributed by atoms with van der Waals surface area (Å²) < 4.78 is 10.9. The highest BCUT2D eigenvalue weighted by Crippen LogP contribution is 2.28. The molecule has 0 N–H and O–H groups in total. The molecule has 1 aliphatic heterocycles. The lowest BCUT2D eigenvalue weighted by Gasteiger charge is -2.37. The summed E-state index contributed by atoms with van der Waals surface area (Å²) in [4.78, 5) is 4.98. The molecule has 0 aliphatic carbocycles. The van der Waals surface area contributed by atoms with E-state index in [2.05, 4.69) is 35.8 Å². The summed E-state index contributed by atoms with van der Waals surface area (Å²) in [7, 11) is 1.70. The molecule has 1 aromatic carbocycles. The van der Waals surface area contributed by atoms with Gasteiger partial charge in [0, 0.05) is 39.8 Å². The fourth-order valence-corrected chi connectivity index (χ4v) is 2.76. The molecule has 118 valence electrons. The van der Waals surface area contributed by atoms with Gasteiger partial charge < -0.3 is 14.4 Å². The second-order valence-electron chi connectivity index (χ2n) is 5.99. The van der Waals surface area contributed by atoms with Gasteiger partial charge in [0.2, 0.25) is 0 Å². The fourth-order valence-electron chi connectivity index (χ4n) is 2.76. The Morgan fingerprint density at radius 2 is 1.76 bits per heavy atom. The zero-order valence-corrected chi connectivity index (χ0v) is 13.5. The molecule has 1 fully saturated rings. The highest BCUT2D eigenvalue weighted by molar-refractivity contribution is 5.58. The van der Waals surface area contributed by atoms with E-state index in [1.807, 2.05) is 12.1 Å². The SMILES string of the molecule is COCCOc1ccccc1N1CCN(CC(C)C)CC1. The van der Waals surface area contributed by atoms with Gasteiger partial charge in [0.05, 0.1) is 12.3 Å². The van der Waals surface area contributed by atoms with E-state index >= 15 is 0 Å². The van der Waals surface area contributed by atoms with Crippen molar-refractivity contribution in [3.05, 3.63) is 24.3 Å². The fraction of sp³-hybridized carbons (Fsp3) is 0.647. The molecule has 0 radical (unpaired) electrons. The predicted molar refractivity (Wildman–Crippen MR) is 87.3 cm³/mol. The lowest BCUT2D eigenvalue weighted by Crippen LogP contribution is -2.47. The molecule has 0 unspecified atom stereocenters. The summed E-state index contributed by atoms with van der Waals surface area (Å²) in [6.45, 7) is 11.4. The summed E-state index contributed by atoms with van der Waals surface area (Å²) >= 11 is 0. The van der Waals surface area contributed by atoms with Crippen LogP contribution in [0.4, 0.5) is 5.69 Å². The van der Waals surface area contributed by atoms with Gasteiger partial charge in [0.25, 0.3) is 0 Å². The van der Waals surface area contributed by atoms with E-state index in [0.717, 1.165) is 37.8 Å². The zero-order valence-electron chi connectivity index (χ0n) is 13.5. The van der Waals surface area contributed by atoms with Crippen molar-refractivity contribution in [1.29, 1.82) is 0 Å². The summed E-state index contributed by atoms with van der Waals surface area (Å²) in [5, 5.41) is 0. The van der Waals surface area contributed by atoms with E-state index in [9.17, 15) is 0 Å². The minimum atomic E-state index is 0.598. The standard InChI is InChI=1S/C17H28N2O2/c1-15(2)14-18-8-10-19(11-9-18)16-6-4-5-7-17(16)21-13-12-20-3/h4-7,15H,8-14H2,1-3H3. The normalized spacial score (nSPS) is 16.5. The van der Waals surface area contributed by atoms with Crippen LogP contribution < -0.4 is 9.64 Å². The van der Waals surface area contributed by atoms with Crippen molar-refractivity contribution in [3.63, 3.8) is 0 Å². The number of rotatable bonds is 7. The molecule has 1 aliphatic rings. The first kappa shape index (κ1) is 16.1. The van der Waals surface area contributed by atoms with E-state index in [1.165, 1.54) is 12.2 Å². The van der Waals surface area contributed by atoms with Crippen molar-refractivity contribution in [3.8, 4) is 5.75 Å². The van der Waals surface area contributed by atoms with Gasteiger partial charge in [-0.1, -0.05) is 26.0 Å². The molecule has 1 aromatic rings. The highest BCUT2D eigenvalue weighted by atomic mass is 16.5. The maximum Gasteiger partial charge on any atom is 0.142 e. The van der Waals surface area contributed by atoms with Gasteiger partial charge in [-0.25, -0.2) is 0 Å². The summed E-state index contributed by atoms with van der Waals surface area (Å²) in [5.74, 6) is 1.70. The van der Waals surface area contributed by atoms with Gasteiger partial charge in [0.15, 0.2) is 0 Å². The maximum atomic E-state index is 5.84. The molecule has 4 heteroatoms. The molecule has 1 saturated heterocycles. The average Bonchev–Trinajstić information content (AvgIpc) is 2.48. The van der Waals surface area contributed by atoms with Crippen LogP contribution >= 0.6 is 0 Å². The zero-order chi connectivity index (χ0) is 15.1. The van der Waals surface area contributed by atoms with Gasteiger partial charge >= 0.3 is 0 Å². The first-order chi connectivity index (χ1) is 10.2. The Labute approximate surface area is 128 Å². The maximum absolute atomic E-state index is 5.84. The Hall–Kier alpha value is -1.26. The number of nitrogens with zero attached hydrogens (tertiary/aromatic N) is 2. The molecule has 0 saturated carbocycles. The molecule has 0 bridgehead atoms. The van der Waals surface area contributed by atoms with E-state index < -0.39 is 0 Å². The van der Waals surface area contributed by atoms with Crippen LogP contribution in [0.3, 0.4) is 0 Å². The molecule has 0 atom stereocenters. The highest BCUT2D eigenvalue weighted by Gasteiger charge is 2.19. The van der Waals surface area contributed by atoms with Crippen molar-refractivity contribution in [1.82, 2.24) is 4.90 Å². The lowest BCUT2D eigenvalue weighted by atomic mass is 10.1. The van der Waals surface area contributed by atoms with Gasteiger partial charge in [-0.05, 0) is 18.1 Å². The average molecular weight is 292 g/mol. The Morgan fingerprint density at radius 3 is 2.43 bits per heavy atom. The minimum absolute atomic E-state index is 0.598. The van der Waals surface area contributed by atoms with Crippen molar-refractivity contribution < 1.29 is 9.47 Å². The Kier molecular flexibility index (Phi) is 6.33. The van der Waals surface area contributed by atoms with Crippen LogP contribution in [-0.4, -0.2) is 57.9 Å². The Balaban J connectivity index is 1.93. The number of ether oxygens (including phenoxy) is 2. The van der Waals surface area contributed by atoms with Crippen molar-refractivity contribution in [2.24, 2.45) is 5.92 Å². The molecule has 2 rings (SSSR count). The van der Waals surface area contributed by atoms with Crippen LogP contribution in [0.2, 0.25) is 0 Å². The summed E-state index contributed by atoms with van der Waals surface area (Å²) in [6.07, 6.45) is 0. The van der Waals surface area contributed by atoms with Gasteiger partial charge in [-0.2, -0.15) is 0 Å². The van der Waals surface area contributed by atoms with E-state index in [4.69, 9.17) is 9.47 Å². The van der Waals surface area contributed by atoms with Crippen molar-refractivity contribution >= 4 is 5.69 Å². The molecule has 21 heavy (non-hydrogen) atoms. The van der Waals surface area contributed by atoms with Crippen LogP contribution in [0.15, 0.2) is 24.3 Å². The van der Waals surface area contributed by atoms with Crippen LogP contribution in [0.5, 0.6) is 5.75 Å². The summed E-state index contributed by atoms with van der Waals surface area (Å²) in [6, 6.07) is 8.31. The topological polar surface area (TPSA) is 24.9 Å². The monoisotopic (exact) mass is 292 g/mol. The molecule has 4 nitrogen and oxygen atoms in total. The Bertz CT molecular complexity index is 415. The number of anilines is 1. The third kappa shape index (κ3) is 4.90. The van der Waals surface area contributed by atoms with Crippen LogP contribution in [-0.2, 0) is 4.74 Å². The minimum Gasteiger partial charge on any atom is -0.489 e. The second kappa shape index (κ2) is 8.25. The third-order valence-corrected chi connectivity index (χ3v) is 3.75. The quantitative estimate of drug-likeness (QED) is 0.721. The number of hydrogen-bond donors (Lipinski definition) is 0.